The predicted molar refractivity (Wildman–Crippen MR) is 93.8 cm³/mol. The topological polar surface area (TPSA) is 57.8 Å². The summed E-state index contributed by atoms with van der Waals surface area (Å²) in [6.45, 7) is 3.57. The first kappa shape index (κ1) is 18.1. The molecule has 0 radical (unpaired) electrons. The van der Waals surface area contributed by atoms with Crippen LogP contribution in [0.3, 0.4) is 0 Å². The number of fused-ring (bicyclic) bond motifs is 1. The van der Waals surface area contributed by atoms with E-state index in [0.29, 0.717) is 22.3 Å². The molecule has 2 N–H and O–H groups in total. The van der Waals surface area contributed by atoms with Crippen molar-refractivity contribution in [2.75, 3.05) is 0 Å². The van der Waals surface area contributed by atoms with E-state index in [0.717, 1.165) is 12.1 Å². The average Bonchev–Trinajstić information content (AvgIpc) is 2.61. The van der Waals surface area contributed by atoms with E-state index in [-0.39, 0.29) is 17.6 Å². The lowest BCUT2D eigenvalue weighted by atomic mass is 10.0. The molecule has 0 spiro atoms. The number of halogens is 3. The molecule has 0 aliphatic heterocycles. The molecule has 0 aliphatic carbocycles. The zero-order valence-electron chi connectivity index (χ0n) is 14.3. The molecule has 1 heterocycles. The maximum absolute atomic E-state index is 12.9. The normalized spacial score (nSPS) is 14.3. The van der Waals surface area contributed by atoms with Crippen LogP contribution in [-0.4, -0.2) is 9.97 Å². The van der Waals surface area contributed by atoms with Crippen molar-refractivity contribution in [3.8, 4) is 0 Å². The summed E-state index contributed by atoms with van der Waals surface area (Å²) in [6.07, 6.45) is -4.38. The van der Waals surface area contributed by atoms with Crippen LogP contribution in [0.1, 0.15) is 42.9 Å². The van der Waals surface area contributed by atoms with E-state index in [1.54, 1.807) is 44.2 Å². The maximum Gasteiger partial charge on any atom is 0.416 e. The largest absolute Gasteiger partial charge is 0.416 e. The van der Waals surface area contributed by atoms with E-state index in [9.17, 15) is 18.0 Å². The molecule has 136 valence electrons. The molecular weight excluding hydrogens is 343 g/mol. The van der Waals surface area contributed by atoms with Gasteiger partial charge in [0.25, 0.3) is 5.56 Å². The number of aromatic nitrogens is 2. The minimum Gasteiger partial charge on any atom is -0.309 e. The molecule has 0 aliphatic rings. The minimum absolute atomic E-state index is 0.244. The van der Waals surface area contributed by atoms with Crippen LogP contribution in [0, 0.1) is 0 Å². The molecule has 0 bridgehead atoms. The van der Waals surface area contributed by atoms with Gasteiger partial charge in [-0.15, -0.1) is 0 Å². The van der Waals surface area contributed by atoms with Gasteiger partial charge in [-0.1, -0.05) is 24.3 Å². The van der Waals surface area contributed by atoms with Crippen molar-refractivity contribution in [3.05, 3.63) is 75.8 Å². The highest BCUT2D eigenvalue weighted by Gasteiger charge is 2.30. The van der Waals surface area contributed by atoms with Crippen molar-refractivity contribution in [3.63, 3.8) is 0 Å². The molecule has 0 saturated carbocycles. The Balaban J connectivity index is 1.84. The average molecular weight is 361 g/mol. The van der Waals surface area contributed by atoms with Gasteiger partial charge >= 0.3 is 6.18 Å². The van der Waals surface area contributed by atoms with Crippen molar-refractivity contribution in [1.82, 2.24) is 15.3 Å². The number of benzene rings is 2. The lowest BCUT2D eigenvalue weighted by molar-refractivity contribution is -0.137. The molecular formula is C19H18F3N3O. The highest BCUT2D eigenvalue weighted by molar-refractivity contribution is 5.77. The van der Waals surface area contributed by atoms with Gasteiger partial charge < -0.3 is 10.3 Å². The second-order valence-electron chi connectivity index (χ2n) is 6.20. The van der Waals surface area contributed by atoms with E-state index < -0.39 is 11.7 Å². The van der Waals surface area contributed by atoms with Gasteiger partial charge in [0, 0.05) is 6.04 Å². The molecule has 0 saturated heterocycles. The van der Waals surface area contributed by atoms with Crippen molar-refractivity contribution < 1.29 is 13.2 Å². The lowest BCUT2D eigenvalue weighted by Gasteiger charge is -2.21. The molecule has 0 unspecified atom stereocenters. The van der Waals surface area contributed by atoms with Gasteiger partial charge in [-0.3, -0.25) is 4.79 Å². The molecule has 3 rings (SSSR count). The minimum atomic E-state index is -4.38. The summed E-state index contributed by atoms with van der Waals surface area (Å²) in [6, 6.07) is 11.5. The summed E-state index contributed by atoms with van der Waals surface area (Å²) in [4.78, 5) is 19.3. The first-order valence-electron chi connectivity index (χ1n) is 8.18. The van der Waals surface area contributed by atoms with Gasteiger partial charge in [0.1, 0.15) is 5.82 Å². The lowest BCUT2D eigenvalue weighted by Crippen LogP contribution is -2.26. The van der Waals surface area contributed by atoms with Crippen LogP contribution in [-0.2, 0) is 6.18 Å². The van der Waals surface area contributed by atoms with Gasteiger partial charge in [-0.25, -0.2) is 4.98 Å². The third-order valence-corrected chi connectivity index (χ3v) is 4.26. The fourth-order valence-corrected chi connectivity index (χ4v) is 2.84. The van der Waals surface area contributed by atoms with Gasteiger partial charge in [-0.05, 0) is 43.7 Å². The fourth-order valence-electron chi connectivity index (χ4n) is 2.84. The van der Waals surface area contributed by atoms with E-state index in [1.807, 2.05) is 0 Å². The second-order valence-corrected chi connectivity index (χ2v) is 6.20. The maximum atomic E-state index is 12.9. The highest BCUT2D eigenvalue weighted by Crippen LogP contribution is 2.31. The number of hydrogen-bond donors (Lipinski definition) is 2. The van der Waals surface area contributed by atoms with Crippen molar-refractivity contribution in [2.24, 2.45) is 0 Å². The quantitative estimate of drug-likeness (QED) is 0.726. The zero-order valence-corrected chi connectivity index (χ0v) is 14.3. The zero-order chi connectivity index (χ0) is 18.9. The molecule has 0 amide bonds. The van der Waals surface area contributed by atoms with Crippen molar-refractivity contribution >= 4 is 10.9 Å². The van der Waals surface area contributed by atoms with E-state index in [4.69, 9.17) is 0 Å². The molecule has 7 heteroatoms. The summed E-state index contributed by atoms with van der Waals surface area (Å²) in [5, 5.41) is 3.68. The summed E-state index contributed by atoms with van der Waals surface area (Å²) >= 11 is 0. The molecule has 3 aromatic rings. The highest BCUT2D eigenvalue weighted by atomic mass is 19.4. The summed E-state index contributed by atoms with van der Waals surface area (Å²) in [5.74, 6) is 0.438. The van der Waals surface area contributed by atoms with E-state index >= 15 is 0 Å². The second kappa shape index (κ2) is 6.92. The monoisotopic (exact) mass is 361 g/mol. The molecule has 1 aromatic heterocycles. The van der Waals surface area contributed by atoms with Crippen LogP contribution in [0.4, 0.5) is 13.2 Å². The third-order valence-electron chi connectivity index (χ3n) is 4.26. The molecule has 4 nitrogen and oxygen atoms in total. The van der Waals surface area contributed by atoms with Crippen LogP contribution in [0.15, 0.2) is 53.3 Å². The molecule has 2 aromatic carbocycles. The number of nitrogens with one attached hydrogen (secondary N) is 2. The number of nitrogens with zero attached hydrogens (tertiary/aromatic N) is 1. The smallest absolute Gasteiger partial charge is 0.309 e. The number of alkyl halides is 3. The van der Waals surface area contributed by atoms with Crippen LogP contribution in [0.5, 0.6) is 0 Å². The Bertz CT molecular complexity index is 981. The molecule has 26 heavy (non-hydrogen) atoms. The Kier molecular flexibility index (Phi) is 4.82. The van der Waals surface area contributed by atoms with Gasteiger partial charge in [0.05, 0.1) is 22.5 Å². The predicted octanol–water partition coefficient (Wildman–Crippen LogP) is 4.35. The Morgan fingerprint density at radius 1 is 1.04 bits per heavy atom. The van der Waals surface area contributed by atoms with Crippen molar-refractivity contribution in [1.29, 1.82) is 0 Å². The number of para-hydroxylation sites is 1. The van der Waals surface area contributed by atoms with Gasteiger partial charge in [0.2, 0.25) is 0 Å². The Labute approximate surface area is 148 Å². The van der Waals surface area contributed by atoms with E-state index in [1.165, 1.54) is 6.07 Å². The number of hydrogen-bond acceptors (Lipinski definition) is 3. The van der Waals surface area contributed by atoms with Crippen LogP contribution < -0.4 is 10.9 Å². The number of aromatic amines is 1. The first-order valence-corrected chi connectivity index (χ1v) is 8.18. The molecule has 0 fully saturated rings. The number of H-pyrrole nitrogens is 1. The Morgan fingerprint density at radius 2 is 1.77 bits per heavy atom. The van der Waals surface area contributed by atoms with Crippen molar-refractivity contribution in [2.45, 2.75) is 32.1 Å². The summed E-state index contributed by atoms with van der Waals surface area (Å²) in [5.41, 5.74) is 0.154. The van der Waals surface area contributed by atoms with Gasteiger partial charge in [0.15, 0.2) is 0 Å². The van der Waals surface area contributed by atoms with Crippen LogP contribution >= 0.6 is 0 Å². The SMILES string of the molecule is C[C@@H](N[C@H](C)c1nc2ccccc2c(=O)[nH]1)c1cccc(C(F)(F)F)c1. The standard InChI is InChI=1S/C19H18F3N3O/c1-11(13-6-5-7-14(10-13)19(20,21)22)23-12(2)17-24-16-9-4-3-8-15(16)18(26)25-17/h3-12,23H,1-2H3,(H,24,25,26)/t11-,12-/m1/s1. The van der Waals surface area contributed by atoms with Crippen LogP contribution in [0.2, 0.25) is 0 Å². The van der Waals surface area contributed by atoms with Crippen LogP contribution in [0.25, 0.3) is 10.9 Å². The summed E-state index contributed by atoms with van der Waals surface area (Å²) < 4.78 is 38.6. The first-order chi connectivity index (χ1) is 12.3. The Hall–Kier alpha value is -2.67. The molecule has 2 atom stereocenters. The fraction of sp³-hybridized carbons (Fsp3) is 0.263. The van der Waals surface area contributed by atoms with E-state index in [2.05, 4.69) is 15.3 Å². The summed E-state index contributed by atoms with van der Waals surface area (Å²) in [7, 11) is 0. The Morgan fingerprint density at radius 3 is 2.50 bits per heavy atom. The van der Waals surface area contributed by atoms with Gasteiger partial charge in [-0.2, -0.15) is 13.2 Å². The number of rotatable bonds is 4. The third kappa shape index (κ3) is 3.77.